The molecule has 0 rings (SSSR count). The lowest BCUT2D eigenvalue weighted by molar-refractivity contribution is -0.182. The number of esters is 6. The van der Waals surface area contributed by atoms with Gasteiger partial charge in [-0.1, -0.05) is 0 Å². The predicted molar refractivity (Wildman–Crippen MR) is 140 cm³/mol. The monoisotopic (exact) mass is 612 g/mol. The standard InChI is InChI=1S/2C13H22O8/c1-8(14)21-9(6-19-10(15)12(2,3)17)7-20-11(16)13(4,5)18;1-8(14)19-6-9(21-11(16)13(4,5)18)7-20-10(15)12(2,3)17/h2*9,17-18H,6-7H2,1-5H3. The molecule has 0 aliphatic carbocycles. The van der Waals surface area contributed by atoms with Crippen LogP contribution in [0.1, 0.15) is 69.2 Å². The Morgan fingerprint density at radius 2 is 0.714 bits per heavy atom. The molecule has 0 amide bonds. The van der Waals surface area contributed by atoms with Crippen LogP contribution >= 0.6 is 0 Å². The van der Waals surface area contributed by atoms with Crippen molar-refractivity contribution in [3.63, 3.8) is 0 Å². The van der Waals surface area contributed by atoms with Gasteiger partial charge in [0, 0.05) is 13.8 Å². The maximum Gasteiger partial charge on any atom is 0.338 e. The van der Waals surface area contributed by atoms with Crippen molar-refractivity contribution in [1.82, 2.24) is 0 Å². The molecule has 0 fully saturated rings. The minimum absolute atomic E-state index is 0.337. The summed E-state index contributed by atoms with van der Waals surface area (Å²) in [5.74, 6) is -4.96. The van der Waals surface area contributed by atoms with Gasteiger partial charge >= 0.3 is 35.8 Å². The molecule has 0 saturated heterocycles. The van der Waals surface area contributed by atoms with Crippen LogP contribution < -0.4 is 0 Å². The van der Waals surface area contributed by atoms with E-state index in [4.69, 9.17) is 23.7 Å². The molecule has 0 aromatic carbocycles. The molecule has 1 unspecified atom stereocenters. The lowest BCUT2D eigenvalue weighted by Gasteiger charge is -2.23. The second kappa shape index (κ2) is 16.9. The Morgan fingerprint density at radius 1 is 0.452 bits per heavy atom. The van der Waals surface area contributed by atoms with Crippen LogP contribution in [0.4, 0.5) is 0 Å². The van der Waals surface area contributed by atoms with Gasteiger partial charge in [0.25, 0.3) is 0 Å². The summed E-state index contributed by atoms with van der Waals surface area (Å²) >= 11 is 0. The minimum atomic E-state index is -1.74. The summed E-state index contributed by atoms with van der Waals surface area (Å²) in [6.45, 7) is 10.7. The lowest BCUT2D eigenvalue weighted by atomic mass is 10.1. The normalized spacial score (nSPS) is 12.6. The fraction of sp³-hybridized carbons (Fsp3) is 0.769. The maximum atomic E-state index is 11.6. The van der Waals surface area contributed by atoms with Gasteiger partial charge in [0.2, 0.25) is 0 Å². The van der Waals surface area contributed by atoms with E-state index in [-0.39, 0.29) is 19.8 Å². The number of hydrogen-bond donors (Lipinski definition) is 4. The van der Waals surface area contributed by atoms with Gasteiger partial charge in [-0.3, -0.25) is 9.59 Å². The SMILES string of the molecule is CC(=O)OC(COC(=O)C(C)(C)O)COC(=O)C(C)(C)O.CC(=O)OCC(COC(=O)C(C)(C)O)OC(=O)C(C)(C)O. The van der Waals surface area contributed by atoms with Crippen molar-refractivity contribution in [3.05, 3.63) is 0 Å². The molecule has 0 aromatic heterocycles. The van der Waals surface area contributed by atoms with Gasteiger partial charge in [0.1, 0.15) is 26.4 Å². The first-order chi connectivity index (χ1) is 18.7. The van der Waals surface area contributed by atoms with Gasteiger partial charge in [-0.25, -0.2) is 19.2 Å². The predicted octanol–water partition coefficient (Wildman–Crippen LogP) is -0.907. The molecular formula is C26H44O16. The van der Waals surface area contributed by atoms with Crippen LogP contribution in [0.2, 0.25) is 0 Å². The molecule has 1 atom stereocenters. The molecule has 0 heterocycles. The largest absolute Gasteiger partial charge is 0.462 e. The Labute approximate surface area is 244 Å². The smallest absolute Gasteiger partial charge is 0.338 e. The van der Waals surface area contributed by atoms with Gasteiger partial charge < -0.3 is 48.8 Å². The Bertz CT molecular complexity index is 898. The first-order valence-electron chi connectivity index (χ1n) is 12.6. The zero-order valence-corrected chi connectivity index (χ0v) is 25.7. The second-order valence-corrected chi connectivity index (χ2v) is 11.1. The van der Waals surface area contributed by atoms with E-state index in [9.17, 15) is 49.2 Å². The van der Waals surface area contributed by atoms with Crippen molar-refractivity contribution < 1.29 is 77.6 Å². The van der Waals surface area contributed by atoms with Crippen LogP contribution in [0, 0.1) is 0 Å². The average molecular weight is 613 g/mol. The summed E-state index contributed by atoms with van der Waals surface area (Å²) in [5, 5.41) is 37.7. The van der Waals surface area contributed by atoms with Gasteiger partial charge in [-0.2, -0.15) is 0 Å². The summed E-state index contributed by atoms with van der Waals surface area (Å²) in [5.41, 5.74) is -6.82. The van der Waals surface area contributed by atoms with Crippen molar-refractivity contribution in [2.75, 3.05) is 26.4 Å². The van der Waals surface area contributed by atoms with Crippen molar-refractivity contribution >= 4 is 35.8 Å². The van der Waals surface area contributed by atoms with Crippen molar-refractivity contribution in [1.29, 1.82) is 0 Å². The molecule has 0 saturated carbocycles. The summed E-state index contributed by atoms with van der Waals surface area (Å²) in [4.78, 5) is 67.5. The maximum absolute atomic E-state index is 11.6. The van der Waals surface area contributed by atoms with E-state index < -0.39 is 77.0 Å². The van der Waals surface area contributed by atoms with E-state index in [1.165, 1.54) is 55.4 Å². The van der Waals surface area contributed by atoms with Gasteiger partial charge in [0.15, 0.2) is 34.6 Å². The Hall–Kier alpha value is -3.34. The third-order valence-corrected chi connectivity index (χ3v) is 4.28. The topological polar surface area (TPSA) is 239 Å². The van der Waals surface area contributed by atoms with Crippen molar-refractivity contribution in [2.24, 2.45) is 0 Å². The van der Waals surface area contributed by atoms with Crippen LogP contribution in [-0.4, -0.2) is 117 Å². The van der Waals surface area contributed by atoms with E-state index in [0.29, 0.717) is 0 Å². The van der Waals surface area contributed by atoms with Crippen LogP contribution in [0.5, 0.6) is 0 Å². The van der Waals surface area contributed by atoms with Crippen molar-refractivity contribution in [2.45, 2.75) is 104 Å². The Kier molecular flexibility index (Phi) is 16.5. The van der Waals surface area contributed by atoms with Gasteiger partial charge in [-0.15, -0.1) is 0 Å². The molecule has 4 N–H and O–H groups in total. The molecule has 244 valence electrons. The third-order valence-electron chi connectivity index (χ3n) is 4.28. The lowest BCUT2D eigenvalue weighted by Crippen LogP contribution is -2.41. The van der Waals surface area contributed by atoms with E-state index in [1.807, 2.05) is 0 Å². The number of rotatable bonds is 14. The molecule has 0 radical (unpaired) electrons. The number of ether oxygens (including phenoxy) is 6. The molecule has 42 heavy (non-hydrogen) atoms. The highest BCUT2D eigenvalue weighted by Crippen LogP contribution is 2.10. The highest BCUT2D eigenvalue weighted by atomic mass is 16.6. The fourth-order valence-electron chi connectivity index (χ4n) is 2.01. The van der Waals surface area contributed by atoms with E-state index in [1.54, 1.807) is 0 Å². The number of hydrogen-bond acceptors (Lipinski definition) is 16. The van der Waals surface area contributed by atoms with E-state index in [2.05, 4.69) is 4.74 Å². The molecule has 0 spiro atoms. The summed E-state index contributed by atoms with van der Waals surface area (Å²) in [6, 6.07) is 0. The molecule has 16 nitrogen and oxygen atoms in total. The zero-order chi connectivity index (χ0) is 33.7. The summed E-state index contributed by atoms with van der Waals surface area (Å²) < 4.78 is 28.7. The van der Waals surface area contributed by atoms with Crippen LogP contribution in [0.15, 0.2) is 0 Å². The fourth-order valence-corrected chi connectivity index (χ4v) is 2.01. The Balaban J connectivity index is 0. The van der Waals surface area contributed by atoms with Crippen molar-refractivity contribution in [3.8, 4) is 0 Å². The van der Waals surface area contributed by atoms with E-state index >= 15 is 0 Å². The highest BCUT2D eigenvalue weighted by Gasteiger charge is 2.32. The molecule has 0 bridgehead atoms. The Morgan fingerprint density at radius 3 is 0.952 bits per heavy atom. The van der Waals surface area contributed by atoms with Crippen LogP contribution in [-0.2, 0) is 57.2 Å². The molecule has 0 aliphatic heterocycles. The van der Waals surface area contributed by atoms with Gasteiger partial charge in [0.05, 0.1) is 0 Å². The number of carbonyl (C=O) groups is 6. The summed E-state index contributed by atoms with van der Waals surface area (Å²) in [7, 11) is 0. The highest BCUT2D eigenvalue weighted by molar-refractivity contribution is 5.79. The van der Waals surface area contributed by atoms with E-state index in [0.717, 1.165) is 13.8 Å². The third kappa shape index (κ3) is 19.7. The average Bonchev–Trinajstić information content (AvgIpc) is 2.79. The van der Waals surface area contributed by atoms with Crippen LogP contribution in [0.25, 0.3) is 0 Å². The quantitative estimate of drug-likeness (QED) is 0.137. The molecule has 0 aromatic rings. The summed E-state index contributed by atoms with van der Waals surface area (Å²) in [6.07, 6.45) is -2.11. The number of aliphatic hydroxyl groups is 4. The van der Waals surface area contributed by atoms with Gasteiger partial charge in [-0.05, 0) is 55.4 Å². The molecular weight excluding hydrogens is 568 g/mol. The minimum Gasteiger partial charge on any atom is -0.462 e. The zero-order valence-electron chi connectivity index (χ0n) is 25.7. The number of carbonyl (C=O) groups excluding carboxylic acids is 6. The second-order valence-electron chi connectivity index (χ2n) is 11.1. The first-order valence-corrected chi connectivity index (χ1v) is 12.6. The van der Waals surface area contributed by atoms with Crippen LogP contribution in [0.3, 0.4) is 0 Å². The molecule has 16 heteroatoms. The molecule has 0 aliphatic rings. The first kappa shape index (κ1) is 40.8.